The van der Waals surface area contributed by atoms with E-state index in [2.05, 4.69) is 15.5 Å². The molecule has 21 heavy (non-hydrogen) atoms. The molecule has 10 heteroatoms. The first-order chi connectivity index (χ1) is 9.82. The molecule has 0 aliphatic rings. The van der Waals surface area contributed by atoms with Crippen molar-refractivity contribution in [2.24, 2.45) is 0 Å². The van der Waals surface area contributed by atoms with Crippen LogP contribution in [0.1, 0.15) is 18.3 Å². The van der Waals surface area contributed by atoms with Gasteiger partial charge in [-0.25, -0.2) is 0 Å². The van der Waals surface area contributed by atoms with E-state index in [1.807, 2.05) is 0 Å². The van der Waals surface area contributed by atoms with Gasteiger partial charge < -0.3 is 0 Å². The maximum absolute atomic E-state index is 13.1. The Hall–Kier alpha value is -1.48. The van der Waals surface area contributed by atoms with Crippen molar-refractivity contribution in [1.29, 1.82) is 0 Å². The Labute approximate surface area is 125 Å². The molecule has 0 fully saturated rings. The van der Waals surface area contributed by atoms with Gasteiger partial charge in [-0.3, -0.25) is 4.21 Å². The molecule has 0 N–H and O–H groups in total. The molecule has 114 valence electrons. The molecule has 0 spiro atoms. The van der Waals surface area contributed by atoms with E-state index in [0.717, 1.165) is 10.7 Å². The Morgan fingerprint density at radius 2 is 2.10 bits per heavy atom. The summed E-state index contributed by atoms with van der Waals surface area (Å²) >= 11 is 5.62. The zero-order chi connectivity index (χ0) is 15.6. The smallest absolute Gasteiger partial charge is 0.259 e. The first-order valence-corrected chi connectivity index (χ1v) is 7.69. The van der Waals surface area contributed by atoms with Crippen molar-refractivity contribution >= 4 is 22.4 Å². The molecule has 1 aromatic heterocycles. The van der Waals surface area contributed by atoms with Crippen molar-refractivity contribution in [3.8, 4) is 5.69 Å². The Kier molecular flexibility index (Phi) is 4.62. The lowest BCUT2D eigenvalue weighted by atomic mass is 10.1. The summed E-state index contributed by atoms with van der Waals surface area (Å²) in [5, 5.41) is 10.5. The molecule has 2 aromatic rings. The predicted molar refractivity (Wildman–Crippen MR) is 71.6 cm³/mol. The van der Waals surface area contributed by atoms with Crippen LogP contribution >= 0.6 is 11.6 Å². The van der Waals surface area contributed by atoms with Crippen LogP contribution in [0.5, 0.6) is 0 Å². The number of rotatable bonds is 4. The van der Waals surface area contributed by atoms with Gasteiger partial charge in [-0.2, -0.15) is 17.9 Å². The first-order valence-electron chi connectivity index (χ1n) is 5.82. The molecule has 0 radical (unpaired) electrons. The molecule has 0 saturated carbocycles. The lowest BCUT2D eigenvalue weighted by molar-refractivity contribution is -0.137. The van der Waals surface area contributed by atoms with Crippen LogP contribution in [0.4, 0.5) is 13.2 Å². The monoisotopic (exact) mass is 338 g/mol. The Bertz CT molecular complexity index is 674. The van der Waals surface area contributed by atoms with Crippen molar-refractivity contribution in [2.45, 2.75) is 18.9 Å². The molecule has 0 amide bonds. The molecule has 0 saturated heterocycles. The number of halogens is 4. The second kappa shape index (κ2) is 6.10. The quantitative estimate of drug-likeness (QED) is 0.859. The third-order valence-electron chi connectivity index (χ3n) is 2.64. The van der Waals surface area contributed by atoms with E-state index >= 15 is 0 Å². The standard InChI is InChI=1S/C11H10ClF3N4OS/c1-2-21(20)6-10-16-17-18-19(10)9-4-3-7(12)5-8(9)11(13,14)15/h3-5H,2,6H2,1H3/t21-/m1/s1. The fourth-order valence-electron chi connectivity index (χ4n) is 1.65. The highest BCUT2D eigenvalue weighted by Gasteiger charge is 2.35. The largest absolute Gasteiger partial charge is 0.418 e. The van der Waals surface area contributed by atoms with Crippen molar-refractivity contribution < 1.29 is 17.4 Å². The van der Waals surface area contributed by atoms with Crippen LogP contribution < -0.4 is 0 Å². The molecular formula is C11H10ClF3N4OS. The maximum Gasteiger partial charge on any atom is 0.418 e. The van der Waals surface area contributed by atoms with Gasteiger partial charge in [-0.05, 0) is 28.6 Å². The summed E-state index contributed by atoms with van der Waals surface area (Å²) in [5.74, 6) is 0.436. The Balaban J connectivity index is 2.53. The average Bonchev–Trinajstić information content (AvgIpc) is 2.85. The molecule has 1 aromatic carbocycles. The number of nitrogens with zero attached hydrogens (tertiary/aromatic N) is 4. The first kappa shape index (κ1) is 15.9. The maximum atomic E-state index is 13.1. The summed E-state index contributed by atoms with van der Waals surface area (Å²) in [6.45, 7) is 1.70. The highest BCUT2D eigenvalue weighted by Crippen LogP contribution is 2.35. The van der Waals surface area contributed by atoms with E-state index in [-0.39, 0.29) is 22.3 Å². The van der Waals surface area contributed by atoms with Gasteiger partial charge in [0, 0.05) is 21.6 Å². The van der Waals surface area contributed by atoms with Gasteiger partial charge in [0.15, 0.2) is 5.82 Å². The fourth-order valence-corrected chi connectivity index (χ4v) is 2.49. The molecule has 1 atom stereocenters. The number of benzene rings is 1. The van der Waals surface area contributed by atoms with Gasteiger partial charge >= 0.3 is 6.18 Å². The molecule has 5 nitrogen and oxygen atoms in total. The number of alkyl halides is 3. The van der Waals surface area contributed by atoms with Gasteiger partial charge in [-0.15, -0.1) is 5.10 Å². The van der Waals surface area contributed by atoms with Crippen LogP contribution in [0.2, 0.25) is 5.02 Å². The molecule has 2 rings (SSSR count). The fraction of sp³-hybridized carbons (Fsp3) is 0.364. The summed E-state index contributed by atoms with van der Waals surface area (Å²) in [4.78, 5) is 0. The van der Waals surface area contributed by atoms with Gasteiger partial charge in [0.25, 0.3) is 0 Å². The number of tetrazole rings is 1. The van der Waals surface area contributed by atoms with Crippen molar-refractivity contribution in [1.82, 2.24) is 20.2 Å². The normalized spacial score (nSPS) is 13.4. The van der Waals surface area contributed by atoms with E-state index in [4.69, 9.17) is 11.6 Å². The third-order valence-corrected chi connectivity index (χ3v) is 4.10. The Morgan fingerprint density at radius 1 is 1.38 bits per heavy atom. The average molecular weight is 339 g/mol. The van der Waals surface area contributed by atoms with Gasteiger partial charge in [0.05, 0.1) is 17.0 Å². The predicted octanol–water partition coefficient (Wildman–Crippen LogP) is 2.60. The van der Waals surface area contributed by atoms with E-state index < -0.39 is 22.5 Å². The van der Waals surface area contributed by atoms with Crippen molar-refractivity contribution in [3.05, 3.63) is 34.6 Å². The minimum absolute atomic E-state index is 0.0244. The lowest BCUT2D eigenvalue weighted by Gasteiger charge is -2.13. The van der Waals surface area contributed by atoms with Gasteiger partial charge in [-0.1, -0.05) is 18.5 Å². The van der Waals surface area contributed by atoms with Crippen LogP contribution in [0.3, 0.4) is 0 Å². The third kappa shape index (κ3) is 3.59. The molecule has 0 aliphatic carbocycles. The highest BCUT2D eigenvalue weighted by molar-refractivity contribution is 7.84. The minimum Gasteiger partial charge on any atom is -0.259 e. The second-order valence-corrected chi connectivity index (χ2v) is 6.22. The number of aromatic nitrogens is 4. The van der Waals surface area contributed by atoms with Crippen molar-refractivity contribution in [2.75, 3.05) is 5.75 Å². The molecule has 0 aliphatic heterocycles. The van der Waals surface area contributed by atoms with Gasteiger partial charge in [0.1, 0.15) is 0 Å². The lowest BCUT2D eigenvalue weighted by Crippen LogP contribution is -2.14. The summed E-state index contributed by atoms with van der Waals surface area (Å²) in [6, 6.07) is 3.30. The number of hydrogen-bond donors (Lipinski definition) is 0. The minimum atomic E-state index is -4.60. The Morgan fingerprint density at radius 3 is 2.71 bits per heavy atom. The van der Waals surface area contributed by atoms with Crippen LogP contribution in [-0.2, 0) is 22.7 Å². The second-order valence-electron chi connectivity index (χ2n) is 4.04. The zero-order valence-corrected chi connectivity index (χ0v) is 12.3. The van der Waals surface area contributed by atoms with Gasteiger partial charge in [0.2, 0.25) is 0 Å². The summed E-state index contributed by atoms with van der Waals surface area (Å²) in [6.07, 6.45) is -4.60. The summed E-state index contributed by atoms with van der Waals surface area (Å²) < 4.78 is 51.7. The van der Waals surface area contributed by atoms with Crippen LogP contribution in [0.15, 0.2) is 18.2 Å². The van der Waals surface area contributed by atoms with Crippen LogP contribution in [0, 0.1) is 0 Å². The van der Waals surface area contributed by atoms with E-state index in [1.165, 1.54) is 12.1 Å². The van der Waals surface area contributed by atoms with E-state index in [1.54, 1.807) is 6.92 Å². The van der Waals surface area contributed by atoms with E-state index in [0.29, 0.717) is 5.75 Å². The SMILES string of the molecule is CC[S@@](=O)Cc1nnnn1-c1ccc(Cl)cc1C(F)(F)F. The summed E-state index contributed by atoms with van der Waals surface area (Å²) in [7, 11) is -1.24. The van der Waals surface area contributed by atoms with Crippen LogP contribution in [-0.4, -0.2) is 30.2 Å². The topological polar surface area (TPSA) is 60.7 Å². The molecule has 0 unspecified atom stereocenters. The zero-order valence-electron chi connectivity index (χ0n) is 10.8. The molecule has 0 bridgehead atoms. The summed E-state index contributed by atoms with van der Waals surface area (Å²) in [5.41, 5.74) is -1.20. The highest BCUT2D eigenvalue weighted by atomic mass is 35.5. The number of hydrogen-bond acceptors (Lipinski definition) is 4. The van der Waals surface area contributed by atoms with E-state index in [9.17, 15) is 17.4 Å². The van der Waals surface area contributed by atoms with Crippen LogP contribution in [0.25, 0.3) is 5.69 Å². The van der Waals surface area contributed by atoms with Crippen molar-refractivity contribution in [3.63, 3.8) is 0 Å². The molecule has 1 heterocycles. The molecular weight excluding hydrogens is 329 g/mol.